The first kappa shape index (κ1) is 18.5. The predicted octanol–water partition coefficient (Wildman–Crippen LogP) is 4.51. The summed E-state index contributed by atoms with van der Waals surface area (Å²) in [5.41, 5.74) is 4.92. The Balaban J connectivity index is 2.38. The fourth-order valence-corrected chi connectivity index (χ4v) is 3.06. The number of nitrogens with one attached hydrogen (secondary N) is 1. The van der Waals surface area contributed by atoms with Gasteiger partial charge in [-0.3, -0.25) is 0 Å². The number of likely N-dealkylation sites (N-methyl/N-ethyl adjacent to an activating group) is 1. The number of benzene rings is 2. The molecule has 3 nitrogen and oxygen atoms in total. The van der Waals surface area contributed by atoms with Crippen LogP contribution >= 0.6 is 0 Å². The summed E-state index contributed by atoms with van der Waals surface area (Å²) in [5, 5.41) is 3.00. The summed E-state index contributed by atoms with van der Waals surface area (Å²) in [6.07, 6.45) is -9.86. The van der Waals surface area contributed by atoms with E-state index in [-0.39, 0.29) is 10.8 Å². The molecule has 0 aliphatic rings. The van der Waals surface area contributed by atoms with E-state index in [2.05, 4.69) is 5.32 Å². The van der Waals surface area contributed by atoms with Crippen molar-refractivity contribution >= 4 is 21.8 Å². The van der Waals surface area contributed by atoms with Gasteiger partial charge in [0.1, 0.15) is 0 Å². The first-order valence-electron chi connectivity index (χ1n) is 7.66. The molecule has 0 saturated heterocycles. The van der Waals surface area contributed by atoms with Gasteiger partial charge in [-0.25, -0.2) is 0 Å². The van der Waals surface area contributed by atoms with E-state index >= 15 is 0 Å². The van der Waals surface area contributed by atoms with Gasteiger partial charge in [0, 0.05) is 17.3 Å². The average Bonchev–Trinajstić information content (AvgIpc) is 2.86. The van der Waals surface area contributed by atoms with Gasteiger partial charge >= 0.3 is 12.4 Å². The molecule has 3 aromatic rings. The highest BCUT2D eigenvalue weighted by atomic mass is 19.4. The molecule has 0 bridgehead atoms. The highest BCUT2D eigenvalue weighted by Gasteiger charge is 2.33. The zero-order valence-electron chi connectivity index (χ0n) is 13.5. The third-order valence-corrected chi connectivity index (χ3v) is 4.20. The summed E-state index contributed by atoms with van der Waals surface area (Å²) >= 11 is 0. The molecule has 0 radical (unpaired) electrons. The molecule has 140 valence electrons. The summed E-state index contributed by atoms with van der Waals surface area (Å²) < 4.78 is 79.8. The normalized spacial score (nSPS) is 14.3. The van der Waals surface area contributed by atoms with E-state index < -0.39 is 29.6 Å². The van der Waals surface area contributed by atoms with E-state index in [1.54, 1.807) is 11.6 Å². The van der Waals surface area contributed by atoms with Gasteiger partial charge < -0.3 is 15.6 Å². The van der Waals surface area contributed by atoms with Gasteiger partial charge in [0.2, 0.25) is 0 Å². The maximum Gasteiger partial charge on any atom is 0.416 e. The maximum atomic E-state index is 13.0. The van der Waals surface area contributed by atoms with Crippen molar-refractivity contribution in [1.29, 1.82) is 0 Å². The molecule has 0 aliphatic carbocycles. The summed E-state index contributed by atoms with van der Waals surface area (Å²) in [4.78, 5) is 0. The van der Waals surface area contributed by atoms with Gasteiger partial charge in [-0.05, 0) is 43.4 Å². The van der Waals surface area contributed by atoms with Crippen molar-refractivity contribution in [3.63, 3.8) is 0 Å². The molecule has 3 N–H and O–H groups in total. The lowest BCUT2D eigenvalue weighted by molar-refractivity contribution is -0.138. The van der Waals surface area contributed by atoms with Crippen LogP contribution in [0.3, 0.4) is 0 Å². The summed E-state index contributed by atoms with van der Waals surface area (Å²) in [6.45, 7) is 0.293. The van der Waals surface area contributed by atoms with E-state index in [9.17, 15) is 26.3 Å². The van der Waals surface area contributed by atoms with E-state index in [0.29, 0.717) is 17.6 Å². The second kappa shape index (κ2) is 6.17. The Morgan fingerprint density at radius 1 is 0.885 bits per heavy atom. The molecule has 1 atom stereocenters. The van der Waals surface area contributed by atoms with Gasteiger partial charge in [0.25, 0.3) is 0 Å². The Labute approximate surface area is 144 Å². The Kier molecular flexibility index (Phi) is 4.40. The van der Waals surface area contributed by atoms with Crippen LogP contribution in [0.1, 0.15) is 17.3 Å². The molecule has 0 saturated carbocycles. The van der Waals surface area contributed by atoms with Crippen molar-refractivity contribution in [2.75, 3.05) is 13.6 Å². The topological polar surface area (TPSA) is 43.0 Å². The monoisotopic (exact) mass is 375 g/mol. The molecular formula is C17H15F6N3. The fourth-order valence-electron chi connectivity index (χ4n) is 3.06. The number of hydrogen-bond donors (Lipinski definition) is 2. The second-order valence-corrected chi connectivity index (χ2v) is 5.95. The number of nitrogens with zero attached hydrogens (tertiary/aromatic N) is 1. The zero-order chi connectivity index (χ0) is 19.3. The number of halogens is 6. The average molecular weight is 375 g/mol. The Hall–Kier alpha value is -2.26. The molecule has 1 heterocycles. The second-order valence-electron chi connectivity index (χ2n) is 5.95. The molecule has 1 aromatic heterocycles. The summed E-state index contributed by atoms with van der Waals surface area (Å²) in [6, 6.07) is 5.99. The van der Waals surface area contributed by atoms with Crippen LogP contribution in [0, 0.1) is 0 Å². The Bertz CT molecular complexity index is 884. The Morgan fingerprint density at radius 2 is 1.31 bits per heavy atom. The molecule has 1 unspecified atom stereocenters. The smallest absolute Gasteiger partial charge is 0.323 e. The highest BCUT2D eigenvalue weighted by Crippen LogP contribution is 2.39. The van der Waals surface area contributed by atoms with E-state index in [1.165, 1.54) is 12.1 Å². The van der Waals surface area contributed by atoms with Crippen molar-refractivity contribution < 1.29 is 26.3 Å². The molecule has 26 heavy (non-hydrogen) atoms. The standard InChI is InChI=1S/C17H15F6N3/c1-25-8-15(24)26-13-4-2-9(16(18,19)20)6-11(13)12-7-10(17(21,22)23)3-5-14(12)26/h2-7,15,25H,8,24H2,1H3. The third-order valence-electron chi connectivity index (χ3n) is 4.20. The lowest BCUT2D eigenvalue weighted by Crippen LogP contribution is -2.29. The van der Waals surface area contributed by atoms with Crippen LogP contribution in [-0.2, 0) is 12.4 Å². The van der Waals surface area contributed by atoms with Crippen molar-refractivity contribution in [2.45, 2.75) is 18.5 Å². The lowest BCUT2D eigenvalue weighted by Gasteiger charge is -2.17. The molecule has 0 amide bonds. The van der Waals surface area contributed by atoms with E-state index in [4.69, 9.17) is 5.73 Å². The molecule has 9 heteroatoms. The molecular weight excluding hydrogens is 360 g/mol. The van der Waals surface area contributed by atoms with Gasteiger partial charge in [-0.15, -0.1) is 0 Å². The van der Waals surface area contributed by atoms with Gasteiger partial charge in [0.15, 0.2) is 0 Å². The molecule has 2 aromatic carbocycles. The fraction of sp³-hybridized carbons (Fsp3) is 0.294. The first-order chi connectivity index (χ1) is 12.0. The molecule has 0 fully saturated rings. The van der Waals surface area contributed by atoms with E-state index in [0.717, 1.165) is 24.3 Å². The minimum atomic E-state index is -4.60. The van der Waals surface area contributed by atoms with Crippen LogP contribution in [-0.4, -0.2) is 18.2 Å². The van der Waals surface area contributed by atoms with Crippen LogP contribution < -0.4 is 11.1 Å². The number of aromatic nitrogens is 1. The van der Waals surface area contributed by atoms with E-state index in [1.807, 2.05) is 0 Å². The van der Waals surface area contributed by atoms with Crippen molar-refractivity contribution in [3.05, 3.63) is 47.5 Å². The van der Waals surface area contributed by atoms with Crippen molar-refractivity contribution in [3.8, 4) is 0 Å². The van der Waals surface area contributed by atoms with Gasteiger partial charge in [-0.1, -0.05) is 0 Å². The first-order valence-corrected chi connectivity index (χ1v) is 7.66. The van der Waals surface area contributed by atoms with Gasteiger partial charge in [0.05, 0.1) is 28.3 Å². The van der Waals surface area contributed by atoms with Crippen LogP contribution in [0.5, 0.6) is 0 Å². The SMILES string of the molecule is CNCC(N)n1c2ccc(C(F)(F)F)cc2c2cc(C(F)(F)F)ccc21. The minimum absolute atomic E-state index is 0.0764. The number of alkyl halides is 6. The molecule has 0 aliphatic heterocycles. The quantitative estimate of drug-likeness (QED) is 0.662. The third kappa shape index (κ3) is 3.12. The number of fused-ring (bicyclic) bond motifs is 3. The number of nitrogens with two attached hydrogens (primary N) is 1. The summed E-state index contributed by atoms with van der Waals surface area (Å²) in [7, 11) is 1.65. The Morgan fingerprint density at radius 3 is 1.65 bits per heavy atom. The lowest BCUT2D eigenvalue weighted by atomic mass is 10.1. The van der Waals surface area contributed by atoms with Crippen LogP contribution in [0.4, 0.5) is 26.3 Å². The minimum Gasteiger partial charge on any atom is -0.323 e. The molecule has 3 rings (SSSR count). The van der Waals surface area contributed by atoms with Crippen LogP contribution in [0.2, 0.25) is 0 Å². The number of rotatable bonds is 3. The predicted molar refractivity (Wildman–Crippen MR) is 86.6 cm³/mol. The molecule has 0 spiro atoms. The zero-order valence-corrected chi connectivity index (χ0v) is 13.5. The number of hydrogen-bond acceptors (Lipinski definition) is 2. The summed E-state index contributed by atoms with van der Waals surface area (Å²) in [5.74, 6) is 0. The van der Waals surface area contributed by atoms with Crippen LogP contribution in [0.25, 0.3) is 21.8 Å². The van der Waals surface area contributed by atoms with Gasteiger partial charge in [-0.2, -0.15) is 26.3 Å². The highest BCUT2D eigenvalue weighted by molar-refractivity contribution is 6.08. The van der Waals surface area contributed by atoms with Crippen molar-refractivity contribution in [1.82, 2.24) is 9.88 Å². The maximum absolute atomic E-state index is 13.0. The largest absolute Gasteiger partial charge is 0.416 e. The van der Waals surface area contributed by atoms with Crippen molar-refractivity contribution in [2.24, 2.45) is 5.73 Å². The van der Waals surface area contributed by atoms with Crippen LogP contribution in [0.15, 0.2) is 36.4 Å².